The highest BCUT2D eigenvalue weighted by molar-refractivity contribution is 9.11. The van der Waals surface area contributed by atoms with Crippen LogP contribution in [0.25, 0.3) is 0 Å². The Bertz CT molecular complexity index is 819. The molecule has 0 fully saturated rings. The summed E-state index contributed by atoms with van der Waals surface area (Å²) in [5.74, 6) is 0.727. The van der Waals surface area contributed by atoms with Crippen molar-refractivity contribution in [3.8, 4) is 11.5 Å². The molecule has 0 bridgehead atoms. The van der Waals surface area contributed by atoms with Gasteiger partial charge in [0, 0.05) is 4.47 Å². The lowest BCUT2D eigenvalue weighted by molar-refractivity contribution is -0.123. The Kier molecular flexibility index (Phi) is 7.23. The van der Waals surface area contributed by atoms with Gasteiger partial charge in [-0.25, -0.2) is 5.43 Å². The summed E-state index contributed by atoms with van der Waals surface area (Å²) in [6.45, 7) is 5.95. The molecule has 0 aliphatic carbocycles. The lowest BCUT2D eigenvalue weighted by Gasteiger charge is -2.18. The zero-order valence-corrected chi connectivity index (χ0v) is 17.9. The number of hydrogen-bond donors (Lipinski definition) is 2. The molecule has 5 nitrogen and oxygen atoms in total. The number of rotatable bonds is 6. The van der Waals surface area contributed by atoms with Crippen LogP contribution in [0.2, 0.25) is 0 Å². The van der Waals surface area contributed by atoms with Crippen LogP contribution >= 0.6 is 31.9 Å². The number of aromatic hydroxyl groups is 1. The molecular weight excluding hydrogens is 464 g/mol. The fourth-order valence-electron chi connectivity index (χ4n) is 2.20. The predicted octanol–water partition coefficient (Wildman–Crippen LogP) is 4.88. The van der Waals surface area contributed by atoms with Gasteiger partial charge in [-0.2, -0.15) is 5.10 Å². The Hall–Kier alpha value is -1.86. The number of phenols is 1. The van der Waals surface area contributed by atoms with Crippen molar-refractivity contribution in [1.29, 1.82) is 0 Å². The summed E-state index contributed by atoms with van der Waals surface area (Å²) in [5, 5.41) is 13.1. The third kappa shape index (κ3) is 5.32. The van der Waals surface area contributed by atoms with E-state index >= 15 is 0 Å². The second kappa shape index (κ2) is 9.19. The average molecular weight is 484 g/mol. The number of carbonyl (C=O) groups excluding carboxylic acids is 1. The van der Waals surface area contributed by atoms with Gasteiger partial charge in [0.05, 0.1) is 10.7 Å². The minimum atomic E-state index is -0.359. The Balaban J connectivity index is 2.01. The first-order valence-electron chi connectivity index (χ1n) is 8.01. The van der Waals surface area contributed by atoms with Crippen molar-refractivity contribution in [1.82, 2.24) is 5.43 Å². The van der Waals surface area contributed by atoms with E-state index in [9.17, 15) is 9.90 Å². The smallest absolute Gasteiger partial charge is 0.277 e. The van der Waals surface area contributed by atoms with Crippen LogP contribution in [0.1, 0.15) is 36.5 Å². The van der Waals surface area contributed by atoms with Crippen LogP contribution in [0.5, 0.6) is 11.5 Å². The first-order chi connectivity index (χ1) is 12.3. The maximum Gasteiger partial charge on any atom is 0.277 e. The standard InChI is InChI=1S/C19H20Br2N2O3/c1-11(2)15-8-16(20)12(3)18(21)19(15)26-10-17(25)23-22-9-13-4-6-14(24)7-5-13/h4-9,11,24H,10H2,1-3H3,(H,23,25). The van der Waals surface area contributed by atoms with Gasteiger partial charge in [0.15, 0.2) is 6.61 Å². The highest BCUT2D eigenvalue weighted by Crippen LogP contribution is 2.40. The summed E-state index contributed by atoms with van der Waals surface area (Å²) >= 11 is 7.09. The monoisotopic (exact) mass is 482 g/mol. The second-order valence-corrected chi connectivity index (χ2v) is 7.69. The molecule has 7 heteroatoms. The van der Waals surface area contributed by atoms with Crippen molar-refractivity contribution >= 4 is 44.0 Å². The normalized spacial score (nSPS) is 11.2. The van der Waals surface area contributed by atoms with E-state index in [-0.39, 0.29) is 24.2 Å². The zero-order valence-electron chi connectivity index (χ0n) is 14.7. The molecule has 0 atom stereocenters. The number of amides is 1. The topological polar surface area (TPSA) is 70.9 Å². The molecule has 0 saturated heterocycles. The molecule has 2 aromatic rings. The second-order valence-electron chi connectivity index (χ2n) is 6.04. The van der Waals surface area contributed by atoms with Crippen LogP contribution in [-0.2, 0) is 4.79 Å². The van der Waals surface area contributed by atoms with E-state index in [4.69, 9.17) is 4.74 Å². The van der Waals surface area contributed by atoms with Gasteiger partial charge in [0.25, 0.3) is 5.91 Å². The lowest BCUT2D eigenvalue weighted by atomic mass is 10.0. The number of benzene rings is 2. The molecular formula is C19H20Br2N2O3. The Labute approximate surface area is 169 Å². The summed E-state index contributed by atoms with van der Waals surface area (Å²) in [4.78, 5) is 12.0. The van der Waals surface area contributed by atoms with Gasteiger partial charge in [-0.1, -0.05) is 29.8 Å². The van der Waals surface area contributed by atoms with E-state index in [0.29, 0.717) is 5.75 Å². The number of hydrogen-bond acceptors (Lipinski definition) is 4. The SMILES string of the molecule is Cc1c(Br)cc(C(C)C)c(OCC(=O)NN=Cc2ccc(O)cc2)c1Br. The van der Waals surface area contributed by atoms with Crippen LogP contribution in [0.4, 0.5) is 0 Å². The van der Waals surface area contributed by atoms with Crippen LogP contribution in [-0.4, -0.2) is 23.8 Å². The van der Waals surface area contributed by atoms with Crippen molar-refractivity contribution in [3.05, 3.63) is 56.0 Å². The minimum Gasteiger partial charge on any atom is -0.508 e. The van der Waals surface area contributed by atoms with E-state index in [1.807, 2.05) is 13.0 Å². The van der Waals surface area contributed by atoms with Gasteiger partial charge in [-0.05, 0) is 75.8 Å². The molecule has 0 aromatic heterocycles. The molecule has 0 aliphatic heterocycles. The molecule has 0 heterocycles. The molecule has 0 unspecified atom stereocenters. The van der Waals surface area contributed by atoms with Gasteiger partial charge >= 0.3 is 0 Å². The average Bonchev–Trinajstić information content (AvgIpc) is 2.60. The van der Waals surface area contributed by atoms with Crippen LogP contribution in [0.3, 0.4) is 0 Å². The Morgan fingerprint density at radius 3 is 2.58 bits per heavy atom. The van der Waals surface area contributed by atoms with E-state index in [0.717, 1.165) is 25.6 Å². The highest BCUT2D eigenvalue weighted by Gasteiger charge is 2.17. The van der Waals surface area contributed by atoms with Crippen molar-refractivity contribution in [2.75, 3.05) is 6.61 Å². The number of halogens is 2. The Morgan fingerprint density at radius 1 is 1.31 bits per heavy atom. The number of phenolic OH excluding ortho intramolecular Hbond substituents is 1. The summed E-state index contributed by atoms with van der Waals surface area (Å²) in [7, 11) is 0. The largest absolute Gasteiger partial charge is 0.508 e. The summed E-state index contributed by atoms with van der Waals surface area (Å²) in [6.07, 6.45) is 1.50. The zero-order chi connectivity index (χ0) is 19.3. The third-order valence-electron chi connectivity index (χ3n) is 3.70. The lowest BCUT2D eigenvalue weighted by Crippen LogP contribution is -2.25. The number of ether oxygens (including phenoxy) is 1. The maximum atomic E-state index is 12.0. The van der Waals surface area contributed by atoms with Gasteiger partial charge < -0.3 is 9.84 Å². The first kappa shape index (κ1) is 20.5. The van der Waals surface area contributed by atoms with E-state index in [1.54, 1.807) is 24.3 Å². The molecule has 26 heavy (non-hydrogen) atoms. The van der Waals surface area contributed by atoms with Crippen molar-refractivity contribution < 1.29 is 14.6 Å². The van der Waals surface area contributed by atoms with Crippen LogP contribution < -0.4 is 10.2 Å². The first-order valence-corrected chi connectivity index (χ1v) is 9.60. The van der Waals surface area contributed by atoms with Crippen molar-refractivity contribution in [3.63, 3.8) is 0 Å². The van der Waals surface area contributed by atoms with E-state index in [1.165, 1.54) is 6.21 Å². The van der Waals surface area contributed by atoms with Crippen LogP contribution in [0, 0.1) is 6.92 Å². The van der Waals surface area contributed by atoms with Crippen molar-refractivity contribution in [2.45, 2.75) is 26.7 Å². The third-order valence-corrected chi connectivity index (χ3v) is 5.48. The number of carbonyl (C=O) groups is 1. The molecule has 2 aromatic carbocycles. The molecule has 0 spiro atoms. The van der Waals surface area contributed by atoms with Crippen molar-refractivity contribution in [2.24, 2.45) is 5.10 Å². The highest BCUT2D eigenvalue weighted by atomic mass is 79.9. The van der Waals surface area contributed by atoms with Gasteiger partial charge in [0.2, 0.25) is 0 Å². The molecule has 2 N–H and O–H groups in total. The van der Waals surface area contributed by atoms with Crippen LogP contribution in [0.15, 0.2) is 44.4 Å². The molecule has 138 valence electrons. The fraction of sp³-hybridized carbons (Fsp3) is 0.263. The minimum absolute atomic E-state index is 0.147. The maximum absolute atomic E-state index is 12.0. The fourth-order valence-corrected chi connectivity index (χ4v) is 3.46. The molecule has 0 saturated carbocycles. The predicted molar refractivity (Wildman–Crippen MR) is 110 cm³/mol. The van der Waals surface area contributed by atoms with Gasteiger partial charge in [-0.15, -0.1) is 0 Å². The summed E-state index contributed by atoms with van der Waals surface area (Å²) in [6, 6.07) is 8.50. The van der Waals surface area contributed by atoms with Gasteiger partial charge in [0.1, 0.15) is 11.5 Å². The number of nitrogens with one attached hydrogen (secondary N) is 1. The molecule has 1 amide bonds. The van der Waals surface area contributed by atoms with Gasteiger partial charge in [-0.3, -0.25) is 4.79 Å². The number of nitrogens with zero attached hydrogens (tertiary/aromatic N) is 1. The quantitative estimate of drug-likeness (QED) is 0.454. The molecule has 2 rings (SSSR count). The Morgan fingerprint density at radius 2 is 1.96 bits per heavy atom. The summed E-state index contributed by atoms with van der Waals surface area (Å²) < 4.78 is 7.58. The molecule has 0 aliphatic rings. The van der Waals surface area contributed by atoms with E-state index < -0.39 is 0 Å². The number of hydrazone groups is 1. The summed E-state index contributed by atoms with van der Waals surface area (Å²) in [5.41, 5.74) is 5.21. The molecule has 0 radical (unpaired) electrons. The van der Waals surface area contributed by atoms with E-state index in [2.05, 4.69) is 56.2 Å².